The molecule has 1 amide bonds. The molecule has 0 aliphatic heterocycles. The number of benzene rings is 1. The fraction of sp³-hybridized carbons (Fsp3) is 0.529. The molecular weight excluding hydrogens is 248 g/mol. The number of carbonyl (C=O) groups excluding carboxylic acids is 1. The number of hydrogen-bond acceptors (Lipinski definition) is 2. The molecule has 0 saturated carbocycles. The fourth-order valence-corrected chi connectivity index (χ4v) is 2.80. The van der Waals surface area contributed by atoms with Crippen LogP contribution in [-0.4, -0.2) is 23.9 Å². The Morgan fingerprint density at radius 2 is 2.15 bits per heavy atom. The van der Waals surface area contributed by atoms with Crippen molar-refractivity contribution >= 4 is 5.91 Å². The first kappa shape index (κ1) is 14.6. The second-order valence-corrected chi connectivity index (χ2v) is 5.60. The summed E-state index contributed by atoms with van der Waals surface area (Å²) in [5.74, 6) is 0.00599. The Labute approximate surface area is 121 Å². The van der Waals surface area contributed by atoms with Crippen molar-refractivity contribution in [2.75, 3.05) is 13.1 Å². The van der Waals surface area contributed by atoms with Crippen LogP contribution in [0.15, 0.2) is 18.2 Å². The summed E-state index contributed by atoms with van der Waals surface area (Å²) in [5.41, 5.74) is 3.94. The van der Waals surface area contributed by atoms with Crippen LogP contribution in [0.3, 0.4) is 0 Å². The predicted octanol–water partition coefficient (Wildman–Crippen LogP) is 2.73. The highest BCUT2D eigenvalue weighted by molar-refractivity contribution is 5.78. The molecule has 106 valence electrons. The minimum atomic E-state index is -0.112. The number of rotatable bonds is 5. The van der Waals surface area contributed by atoms with Gasteiger partial charge in [-0.2, -0.15) is 5.26 Å². The summed E-state index contributed by atoms with van der Waals surface area (Å²) in [7, 11) is 0. The van der Waals surface area contributed by atoms with E-state index in [1.54, 1.807) is 4.90 Å². The topological polar surface area (TPSA) is 44.1 Å². The molecule has 1 aliphatic rings. The molecule has 3 nitrogen and oxygen atoms in total. The second kappa shape index (κ2) is 6.56. The molecule has 20 heavy (non-hydrogen) atoms. The normalized spacial score (nSPS) is 14.4. The molecule has 1 aliphatic carbocycles. The van der Waals surface area contributed by atoms with Crippen LogP contribution in [0.5, 0.6) is 0 Å². The number of carbonyl (C=O) groups is 1. The molecule has 0 fully saturated rings. The third-order valence-electron chi connectivity index (χ3n) is 3.97. The maximum absolute atomic E-state index is 12.3. The van der Waals surface area contributed by atoms with Crippen LogP contribution in [-0.2, 0) is 24.1 Å². The van der Waals surface area contributed by atoms with E-state index in [1.165, 1.54) is 24.0 Å². The zero-order chi connectivity index (χ0) is 14.5. The van der Waals surface area contributed by atoms with Crippen molar-refractivity contribution in [2.24, 2.45) is 5.92 Å². The molecule has 0 saturated heterocycles. The first-order valence-corrected chi connectivity index (χ1v) is 7.42. The number of nitriles is 1. The molecule has 0 bridgehead atoms. The summed E-state index contributed by atoms with van der Waals surface area (Å²) in [6.07, 6.45) is 3.98. The molecule has 0 radical (unpaired) electrons. The van der Waals surface area contributed by atoms with Crippen molar-refractivity contribution in [3.05, 3.63) is 34.9 Å². The molecule has 1 aromatic rings. The summed E-state index contributed by atoms with van der Waals surface area (Å²) in [5, 5.41) is 8.87. The highest BCUT2D eigenvalue weighted by Crippen LogP contribution is 2.23. The van der Waals surface area contributed by atoms with Gasteiger partial charge in [0.25, 0.3) is 0 Å². The van der Waals surface area contributed by atoms with E-state index in [0.29, 0.717) is 19.5 Å². The molecule has 0 unspecified atom stereocenters. The Kier molecular flexibility index (Phi) is 4.79. The summed E-state index contributed by atoms with van der Waals surface area (Å²) in [6, 6.07) is 8.61. The Balaban J connectivity index is 2.01. The quantitative estimate of drug-likeness (QED) is 0.825. The van der Waals surface area contributed by atoms with Crippen molar-refractivity contribution in [3.8, 4) is 6.07 Å². The van der Waals surface area contributed by atoms with Crippen molar-refractivity contribution < 1.29 is 4.79 Å². The van der Waals surface area contributed by atoms with Gasteiger partial charge in [-0.3, -0.25) is 4.79 Å². The van der Waals surface area contributed by atoms with Crippen LogP contribution in [0.2, 0.25) is 0 Å². The second-order valence-electron chi connectivity index (χ2n) is 5.60. The number of fused-ring (bicyclic) bond motifs is 1. The van der Waals surface area contributed by atoms with E-state index >= 15 is 0 Å². The highest BCUT2D eigenvalue weighted by atomic mass is 16.2. The van der Waals surface area contributed by atoms with E-state index in [0.717, 1.165) is 12.0 Å². The number of amides is 1. The first-order chi connectivity index (χ1) is 9.63. The molecule has 3 heteroatoms. The van der Waals surface area contributed by atoms with Crippen molar-refractivity contribution in [1.29, 1.82) is 5.26 Å². The van der Waals surface area contributed by atoms with Gasteiger partial charge in [-0.05, 0) is 49.8 Å². The lowest BCUT2D eigenvalue weighted by Gasteiger charge is -2.22. The predicted molar refractivity (Wildman–Crippen MR) is 79.2 cm³/mol. The number of likely N-dealkylation sites (N-methyl/N-ethyl adjacent to an activating group) is 1. The molecular formula is C17H22N2O. The SMILES string of the molecule is CCN(C[C@@H](C)C#N)C(=O)Cc1ccc2c(c1)CCC2. The minimum Gasteiger partial charge on any atom is -0.341 e. The van der Waals surface area contributed by atoms with Crippen molar-refractivity contribution in [2.45, 2.75) is 39.5 Å². The van der Waals surface area contributed by atoms with Gasteiger partial charge in [0.2, 0.25) is 5.91 Å². The highest BCUT2D eigenvalue weighted by Gasteiger charge is 2.17. The van der Waals surface area contributed by atoms with Gasteiger partial charge in [0.05, 0.1) is 18.4 Å². The van der Waals surface area contributed by atoms with E-state index in [2.05, 4.69) is 24.3 Å². The average molecular weight is 270 g/mol. The van der Waals surface area contributed by atoms with Crippen LogP contribution >= 0.6 is 0 Å². The maximum atomic E-state index is 12.3. The minimum absolute atomic E-state index is 0.112. The average Bonchev–Trinajstić information content (AvgIpc) is 2.91. The van der Waals surface area contributed by atoms with Crippen molar-refractivity contribution in [1.82, 2.24) is 4.90 Å². The number of aryl methyl sites for hydroxylation is 2. The van der Waals surface area contributed by atoms with E-state index in [-0.39, 0.29) is 11.8 Å². The molecule has 0 aromatic heterocycles. The van der Waals surface area contributed by atoms with E-state index < -0.39 is 0 Å². The Morgan fingerprint density at radius 3 is 2.85 bits per heavy atom. The van der Waals surface area contributed by atoms with Gasteiger partial charge in [0, 0.05) is 13.1 Å². The first-order valence-electron chi connectivity index (χ1n) is 7.42. The van der Waals surface area contributed by atoms with Crippen LogP contribution in [0.4, 0.5) is 0 Å². The third kappa shape index (κ3) is 3.39. The standard InChI is InChI=1S/C17H22N2O/c1-3-19(12-13(2)11-18)17(20)10-14-7-8-15-5-4-6-16(15)9-14/h7-9,13H,3-6,10,12H2,1-2H3/t13-/m0/s1. The molecule has 0 heterocycles. The monoisotopic (exact) mass is 270 g/mol. The van der Waals surface area contributed by atoms with E-state index in [4.69, 9.17) is 5.26 Å². The largest absolute Gasteiger partial charge is 0.341 e. The summed E-state index contributed by atoms with van der Waals surface area (Å²) in [6.45, 7) is 5.00. The van der Waals surface area contributed by atoms with Gasteiger partial charge in [0.15, 0.2) is 0 Å². The van der Waals surface area contributed by atoms with Crippen molar-refractivity contribution in [3.63, 3.8) is 0 Å². The van der Waals surface area contributed by atoms with Crippen LogP contribution in [0.1, 0.15) is 37.0 Å². The van der Waals surface area contributed by atoms with E-state index in [9.17, 15) is 4.79 Å². The maximum Gasteiger partial charge on any atom is 0.227 e. The molecule has 1 aromatic carbocycles. The van der Waals surface area contributed by atoms with Crippen LogP contribution in [0.25, 0.3) is 0 Å². The van der Waals surface area contributed by atoms with Crippen LogP contribution < -0.4 is 0 Å². The van der Waals surface area contributed by atoms with E-state index in [1.807, 2.05) is 13.8 Å². The van der Waals surface area contributed by atoms with Gasteiger partial charge in [0.1, 0.15) is 0 Å². The lowest BCUT2D eigenvalue weighted by Crippen LogP contribution is -2.35. The molecule has 0 spiro atoms. The lowest BCUT2D eigenvalue weighted by molar-refractivity contribution is -0.130. The van der Waals surface area contributed by atoms with Gasteiger partial charge in [-0.1, -0.05) is 18.2 Å². The van der Waals surface area contributed by atoms with Gasteiger partial charge >= 0.3 is 0 Å². The summed E-state index contributed by atoms with van der Waals surface area (Å²) in [4.78, 5) is 14.1. The third-order valence-corrected chi connectivity index (χ3v) is 3.97. The number of nitrogens with zero attached hydrogens (tertiary/aromatic N) is 2. The Hall–Kier alpha value is -1.82. The lowest BCUT2D eigenvalue weighted by atomic mass is 10.0. The molecule has 1 atom stereocenters. The number of hydrogen-bond donors (Lipinski definition) is 0. The Bertz CT molecular complexity index is 530. The Morgan fingerprint density at radius 1 is 1.40 bits per heavy atom. The molecule has 2 rings (SSSR count). The zero-order valence-corrected chi connectivity index (χ0v) is 12.4. The van der Waals surface area contributed by atoms with Gasteiger partial charge < -0.3 is 4.90 Å². The van der Waals surface area contributed by atoms with Gasteiger partial charge in [-0.15, -0.1) is 0 Å². The van der Waals surface area contributed by atoms with Gasteiger partial charge in [-0.25, -0.2) is 0 Å². The summed E-state index contributed by atoms with van der Waals surface area (Å²) < 4.78 is 0. The van der Waals surface area contributed by atoms with Crippen LogP contribution in [0, 0.1) is 17.2 Å². The molecule has 0 N–H and O–H groups in total. The summed E-state index contributed by atoms with van der Waals surface area (Å²) >= 11 is 0. The zero-order valence-electron chi connectivity index (χ0n) is 12.4. The fourth-order valence-electron chi connectivity index (χ4n) is 2.80. The smallest absolute Gasteiger partial charge is 0.227 e.